The molecule has 0 spiro atoms. The zero-order chi connectivity index (χ0) is 19.1. The van der Waals surface area contributed by atoms with Gasteiger partial charge in [-0.3, -0.25) is 4.79 Å². The van der Waals surface area contributed by atoms with E-state index in [1.165, 1.54) is 47.0 Å². The Morgan fingerprint density at radius 1 is 1.14 bits per heavy atom. The first-order valence-corrected chi connectivity index (χ1v) is 11.2. The highest BCUT2D eigenvalue weighted by Crippen LogP contribution is 2.50. The summed E-state index contributed by atoms with van der Waals surface area (Å²) in [4.78, 5) is 19.0. The fraction of sp³-hybridized carbons (Fsp3) is 0.435. The Hall–Kier alpha value is -1.85. The second-order valence-electron chi connectivity index (χ2n) is 8.03. The van der Waals surface area contributed by atoms with Crippen LogP contribution >= 0.6 is 11.8 Å². The Morgan fingerprint density at radius 3 is 2.86 bits per heavy atom. The zero-order valence-corrected chi connectivity index (χ0v) is 16.8. The van der Waals surface area contributed by atoms with Gasteiger partial charge >= 0.3 is 0 Å². The molecular weight excluding hydrogens is 371 g/mol. The molecule has 1 saturated heterocycles. The average Bonchev–Trinajstić information content (AvgIpc) is 2.88. The number of Topliss-reactive ketones (excluding diaryl/α,β-unsaturated/α-hetero) is 1. The summed E-state index contributed by atoms with van der Waals surface area (Å²) in [6.45, 7) is 4.02. The summed E-state index contributed by atoms with van der Waals surface area (Å²) in [5, 5.41) is 0. The van der Waals surface area contributed by atoms with E-state index in [9.17, 15) is 9.18 Å². The Balaban J connectivity index is 1.28. The summed E-state index contributed by atoms with van der Waals surface area (Å²) in [7, 11) is 0. The lowest BCUT2D eigenvalue weighted by atomic mass is 9.89. The summed E-state index contributed by atoms with van der Waals surface area (Å²) < 4.78 is 13.1. The number of hydrogen-bond donors (Lipinski definition) is 0. The van der Waals surface area contributed by atoms with Crippen molar-refractivity contribution >= 4 is 23.2 Å². The van der Waals surface area contributed by atoms with Crippen LogP contribution in [-0.4, -0.2) is 48.7 Å². The molecule has 0 radical (unpaired) electrons. The molecule has 0 aromatic heterocycles. The first-order valence-electron chi connectivity index (χ1n) is 10.2. The third kappa shape index (κ3) is 3.25. The maximum atomic E-state index is 13.1. The predicted molar refractivity (Wildman–Crippen MR) is 112 cm³/mol. The van der Waals surface area contributed by atoms with Gasteiger partial charge in [0.05, 0.1) is 5.69 Å². The monoisotopic (exact) mass is 396 g/mol. The highest BCUT2D eigenvalue weighted by Gasteiger charge is 2.43. The number of fused-ring (bicyclic) bond motifs is 3. The van der Waals surface area contributed by atoms with Crippen molar-refractivity contribution < 1.29 is 9.18 Å². The van der Waals surface area contributed by atoms with Crippen molar-refractivity contribution in [3.63, 3.8) is 0 Å². The summed E-state index contributed by atoms with van der Waals surface area (Å²) in [5.41, 5.74) is 3.60. The lowest BCUT2D eigenvalue weighted by Gasteiger charge is -2.39. The Morgan fingerprint density at radius 2 is 2.00 bits per heavy atom. The lowest BCUT2D eigenvalue weighted by Crippen LogP contribution is -2.46. The van der Waals surface area contributed by atoms with Gasteiger partial charge in [0.25, 0.3) is 0 Å². The first-order chi connectivity index (χ1) is 13.7. The van der Waals surface area contributed by atoms with Gasteiger partial charge in [0.1, 0.15) is 5.82 Å². The minimum Gasteiger partial charge on any atom is -0.367 e. The molecule has 146 valence electrons. The van der Waals surface area contributed by atoms with Gasteiger partial charge in [-0.15, -0.1) is 11.8 Å². The number of piperidine rings is 1. The zero-order valence-electron chi connectivity index (χ0n) is 15.9. The van der Waals surface area contributed by atoms with Gasteiger partial charge in [-0.2, -0.15) is 0 Å². The maximum Gasteiger partial charge on any atom is 0.164 e. The number of halogens is 1. The molecule has 0 N–H and O–H groups in total. The van der Waals surface area contributed by atoms with Crippen LogP contribution in [0, 0.1) is 5.82 Å². The minimum absolute atomic E-state index is 0.101. The summed E-state index contributed by atoms with van der Waals surface area (Å²) in [6, 6.07) is 13.3. The second-order valence-corrected chi connectivity index (χ2v) is 9.17. The molecule has 0 saturated carbocycles. The molecule has 3 nitrogen and oxygen atoms in total. The van der Waals surface area contributed by atoms with Gasteiger partial charge in [-0.05, 0) is 54.5 Å². The van der Waals surface area contributed by atoms with Gasteiger partial charge < -0.3 is 9.80 Å². The Kier molecular flexibility index (Phi) is 4.89. The molecule has 0 bridgehead atoms. The van der Waals surface area contributed by atoms with Gasteiger partial charge in [0.15, 0.2) is 5.78 Å². The van der Waals surface area contributed by atoms with Crippen molar-refractivity contribution in [2.24, 2.45) is 0 Å². The number of likely N-dealkylation sites (tertiary alicyclic amines) is 1. The summed E-state index contributed by atoms with van der Waals surface area (Å²) in [5.74, 6) is 1.56. The molecule has 2 aromatic rings. The fourth-order valence-electron chi connectivity index (χ4n) is 5.05. The molecule has 2 atom stereocenters. The number of anilines is 1. The molecular formula is C23H25FN2OS. The molecule has 28 heavy (non-hydrogen) atoms. The van der Waals surface area contributed by atoms with Crippen molar-refractivity contribution in [1.29, 1.82) is 0 Å². The number of hydrogen-bond acceptors (Lipinski definition) is 4. The first kappa shape index (κ1) is 18.2. The fourth-order valence-corrected chi connectivity index (χ4v) is 6.09. The van der Waals surface area contributed by atoms with Crippen LogP contribution < -0.4 is 4.90 Å². The number of rotatable bonds is 4. The summed E-state index contributed by atoms with van der Waals surface area (Å²) in [6.07, 6.45) is 2.90. The van der Waals surface area contributed by atoms with E-state index < -0.39 is 0 Å². The highest BCUT2D eigenvalue weighted by atomic mass is 32.2. The van der Waals surface area contributed by atoms with Crippen LogP contribution in [-0.2, 0) is 0 Å². The van der Waals surface area contributed by atoms with Crippen LogP contribution in [0.3, 0.4) is 0 Å². The van der Waals surface area contributed by atoms with Crippen molar-refractivity contribution in [2.75, 3.05) is 36.8 Å². The second kappa shape index (κ2) is 7.53. The van der Waals surface area contributed by atoms with Crippen LogP contribution in [0.15, 0.2) is 47.4 Å². The predicted octanol–water partition coefficient (Wildman–Crippen LogP) is 4.57. The number of benzene rings is 2. The molecule has 2 aromatic carbocycles. The van der Waals surface area contributed by atoms with E-state index >= 15 is 0 Å². The molecule has 0 aliphatic carbocycles. The van der Waals surface area contributed by atoms with Crippen LogP contribution in [0.1, 0.15) is 41.1 Å². The molecule has 0 unspecified atom stereocenters. The van der Waals surface area contributed by atoms with Crippen LogP contribution in [0.5, 0.6) is 0 Å². The van der Waals surface area contributed by atoms with Gasteiger partial charge in [0.2, 0.25) is 0 Å². The molecule has 3 aliphatic rings. The normalized spacial score (nSPS) is 23.8. The molecule has 5 heteroatoms. The lowest BCUT2D eigenvalue weighted by molar-refractivity contribution is 0.0952. The summed E-state index contributed by atoms with van der Waals surface area (Å²) >= 11 is 2.00. The Labute approximate surface area is 169 Å². The highest BCUT2D eigenvalue weighted by molar-refractivity contribution is 7.99. The smallest absolute Gasteiger partial charge is 0.164 e. The van der Waals surface area contributed by atoms with E-state index in [-0.39, 0.29) is 11.6 Å². The number of ketones is 1. The topological polar surface area (TPSA) is 23.6 Å². The van der Waals surface area contributed by atoms with E-state index in [0.717, 1.165) is 26.1 Å². The molecule has 3 heterocycles. The maximum absolute atomic E-state index is 13.1. The van der Waals surface area contributed by atoms with Gasteiger partial charge in [-0.25, -0.2) is 4.39 Å². The standard InChI is InChI=1S/C23H25FN2OS/c24-17-7-5-16(6-8-17)21(27)10-13-25-12-9-20-19(15-25)18-3-1-4-22-23(18)26(20)11-2-14-28-22/h1,3-8,19-20H,2,9-15H2/t19-,20-/m0/s1. The SMILES string of the molecule is O=C(CCN1CC[C@H]2[C@@H](C1)c1cccc3c1N2CCCS3)c1ccc(F)cc1. The van der Waals surface area contributed by atoms with E-state index in [2.05, 4.69) is 28.0 Å². The van der Waals surface area contributed by atoms with Crippen LogP contribution in [0.2, 0.25) is 0 Å². The molecule has 0 amide bonds. The minimum atomic E-state index is -0.297. The van der Waals surface area contributed by atoms with Gasteiger partial charge in [-0.1, -0.05) is 12.1 Å². The number of nitrogens with zero attached hydrogens (tertiary/aromatic N) is 2. The molecule has 1 fully saturated rings. The van der Waals surface area contributed by atoms with E-state index in [4.69, 9.17) is 0 Å². The largest absolute Gasteiger partial charge is 0.367 e. The average molecular weight is 397 g/mol. The Bertz CT molecular complexity index is 885. The number of para-hydroxylation sites is 1. The molecule has 3 aliphatic heterocycles. The molecule has 5 rings (SSSR count). The quantitative estimate of drug-likeness (QED) is 0.706. The van der Waals surface area contributed by atoms with E-state index in [1.807, 2.05) is 11.8 Å². The van der Waals surface area contributed by atoms with Crippen LogP contribution in [0.4, 0.5) is 10.1 Å². The van der Waals surface area contributed by atoms with Crippen LogP contribution in [0.25, 0.3) is 0 Å². The van der Waals surface area contributed by atoms with Crippen molar-refractivity contribution in [2.45, 2.75) is 36.1 Å². The van der Waals surface area contributed by atoms with Crippen molar-refractivity contribution in [3.8, 4) is 0 Å². The van der Waals surface area contributed by atoms with Crippen molar-refractivity contribution in [1.82, 2.24) is 4.90 Å². The van der Waals surface area contributed by atoms with Crippen molar-refractivity contribution in [3.05, 3.63) is 59.4 Å². The van der Waals surface area contributed by atoms with E-state index in [1.54, 1.807) is 12.1 Å². The third-order valence-corrected chi connectivity index (χ3v) is 7.53. The third-order valence-electron chi connectivity index (χ3n) is 6.40. The van der Waals surface area contributed by atoms with Gasteiger partial charge in [0, 0.05) is 55.0 Å². The number of thioether (sulfide) groups is 1. The number of carbonyl (C=O) groups is 1. The van der Waals surface area contributed by atoms with E-state index in [0.29, 0.717) is 23.9 Å². The number of carbonyl (C=O) groups excluding carboxylic acids is 1.